The van der Waals surface area contributed by atoms with Gasteiger partial charge in [-0.15, -0.1) is 0 Å². The molecule has 0 aliphatic carbocycles. The van der Waals surface area contributed by atoms with Gasteiger partial charge < -0.3 is 14.9 Å². The lowest BCUT2D eigenvalue weighted by Crippen LogP contribution is -2.32. The van der Waals surface area contributed by atoms with Crippen LogP contribution in [0.4, 0.5) is 0 Å². The van der Waals surface area contributed by atoms with Crippen molar-refractivity contribution in [3.63, 3.8) is 0 Å². The summed E-state index contributed by atoms with van der Waals surface area (Å²) in [5, 5.41) is 14.4. The Hall–Kier alpha value is -1.92. The third-order valence-electron chi connectivity index (χ3n) is 1.72. The van der Waals surface area contributed by atoms with Gasteiger partial charge in [-0.05, 0) is 0 Å². The number of nitrogens with one attached hydrogen (secondary N) is 1. The highest BCUT2D eigenvalue weighted by Gasteiger charge is 2.16. The van der Waals surface area contributed by atoms with Crippen LogP contribution >= 0.6 is 0 Å². The fourth-order valence-corrected chi connectivity index (χ4v) is 0.804. The summed E-state index contributed by atoms with van der Waals surface area (Å²) in [6, 6.07) is 0. The molecule has 1 aromatic rings. The summed E-state index contributed by atoms with van der Waals surface area (Å²) in [6.45, 7) is 3.08. The van der Waals surface area contributed by atoms with E-state index in [1.165, 1.54) is 6.92 Å². The Morgan fingerprint density at radius 3 is 2.73 bits per heavy atom. The lowest BCUT2D eigenvalue weighted by molar-refractivity contribution is -0.140. The molecule has 0 aromatic carbocycles. The maximum Gasteiger partial charge on any atom is 0.308 e. The molecule has 0 radical (unpaired) electrons. The smallest absolute Gasteiger partial charge is 0.308 e. The fraction of sp³-hybridized carbons (Fsp3) is 0.500. The number of carboxylic acid groups (broad SMARTS) is 1. The number of carbonyl (C=O) groups excluding carboxylic acids is 1. The summed E-state index contributed by atoms with van der Waals surface area (Å²) < 4.78 is 4.60. The molecule has 0 aliphatic heterocycles. The predicted molar refractivity (Wildman–Crippen MR) is 48.2 cm³/mol. The van der Waals surface area contributed by atoms with Crippen molar-refractivity contribution >= 4 is 11.9 Å². The van der Waals surface area contributed by atoms with Crippen LogP contribution in [0, 0.1) is 12.8 Å². The number of amides is 1. The molecule has 0 saturated heterocycles. The molecule has 1 heterocycles. The SMILES string of the molecule is Cc1nc(C(=O)NCC(C)C(=O)O)no1. The molecule has 0 fully saturated rings. The predicted octanol–water partition coefficient (Wildman–Crippen LogP) is -0.171. The summed E-state index contributed by atoms with van der Waals surface area (Å²) in [5.41, 5.74) is 0. The van der Waals surface area contributed by atoms with Gasteiger partial charge in [0.2, 0.25) is 5.89 Å². The van der Waals surface area contributed by atoms with Crippen molar-refractivity contribution < 1.29 is 19.2 Å². The topological polar surface area (TPSA) is 105 Å². The molecule has 82 valence electrons. The molecule has 0 saturated carbocycles. The van der Waals surface area contributed by atoms with Crippen LogP contribution in [-0.2, 0) is 4.79 Å². The van der Waals surface area contributed by atoms with E-state index in [1.807, 2.05) is 0 Å². The Balaban J connectivity index is 2.47. The largest absolute Gasteiger partial charge is 0.481 e. The van der Waals surface area contributed by atoms with Gasteiger partial charge >= 0.3 is 5.97 Å². The van der Waals surface area contributed by atoms with Gasteiger partial charge in [0, 0.05) is 13.5 Å². The summed E-state index contributed by atoms with van der Waals surface area (Å²) in [4.78, 5) is 25.4. The standard InChI is InChI=1S/C8H11N3O4/c1-4(8(13)14)3-9-7(12)6-10-5(2)15-11-6/h4H,3H2,1-2H3,(H,9,12)(H,13,14). The van der Waals surface area contributed by atoms with Crippen LogP contribution in [0.1, 0.15) is 23.4 Å². The van der Waals surface area contributed by atoms with Gasteiger partial charge in [-0.1, -0.05) is 12.1 Å². The lowest BCUT2D eigenvalue weighted by atomic mass is 10.2. The molecule has 2 N–H and O–H groups in total. The quantitative estimate of drug-likeness (QED) is 0.719. The first-order chi connectivity index (χ1) is 7.00. The van der Waals surface area contributed by atoms with Crippen LogP contribution in [0.3, 0.4) is 0 Å². The summed E-state index contributed by atoms with van der Waals surface area (Å²) in [5.74, 6) is -1.97. The highest BCUT2D eigenvalue weighted by Crippen LogP contribution is 1.96. The van der Waals surface area contributed by atoms with Crippen LogP contribution in [0.25, 0.3) is 0 Å². The number of aliphatic carboxylic acids is 1. The van der Waals surface area contributed by atoms with E-state index in [4.69, 9.17) is 5.11 Å². The van der Waals surface area contributed by atoms with Crippen LogP contribution in [0.5, 0.6) is 0 Å². The molecule has 7 heteroatoms. The first-order valence-electron chi connectivity index (χ1n) is 4.32. The normalized spacial score (nSPS) is 12.1. The lowest BCUT2D eigenvalue weighted by Gasteiger charge is -2.05. The number of carboxylic acids is 1. The first-order valence-corrected chi connectivity index (χ1v) is 4.32. The second kappa shape index (κ2) is 4.54. The Labute approximate surface area is 85.5 Å². The van der Waals surface area contributed by atoms with Crippen LogP contribution in [-0.4, -0.2) is 33.7 Å². The minimum absolute atomic E-state index is 0.0295. The maximum absolute atomic E-state index is 11.3. The molecule has 1 amide bonds. The fourth-order valence-electron chi connectivity index (χ4n) is 0.804. The van der Waals surface area contributed by atoms with Gasteiger partial charge in [-0.3, -0.25) is 9.59 Å². The minimum Gasteiger partial charge on any atom is -0.481 e. The molecule has 1 aromatic heterocycles. The Morgan fingerprint density at radius 2 is 2.27 bits per heavy atom. The van der Waals surface area contributed by atoms with Crippen molar-refractivity contribution in [2.45, 2.75) is 13.8 Å². The van der Waals surface area contributed by atoms with Crippen molar-refractivity contribution in [2.24, 2.45) is 5.92 Å². The molecule has 15 heavy (non-hydrogen) atoms. The van der Waals surface area contributed by atoms with Gasteiger partial charge in [-0.2, -0.15) is 4.98 Å². The number of hydrogen-bond donors (Lipinski definition) is 2. The minimum atomic E-state index is -0.973. The summed E-state index contributed by atoms with van der Waals surface area (Å²) in [6.07, 6.45) is 0. The number of aryl methyl sites for hydroxylation is 1. The number of rotatable bonds is 4. The van der Waals surface area contributed by atoms with Gasteiger partial charge in [0.05, 0.1) is 5.92 Å². The van der Waals surface area contributed by atoms with E-state index in [0.717, 1.165) is 0 Å². The van der Waals surface area contributed by atoms with E-state index in [1.54, 1.807) is 6.92 Å². The average molecular weight is 213 g/mol. The van der Waals surface area contributed by atoms with E-state index in [-0.39, 0.29) is 18.3 Å². The molecule has 0 bridgehead atoms. The summed E-state index contributed by atoms with van der Waals surface area (Å²) in [7, 11) is 0. The third-order valence-corrected chi connectivity index (χ3v) is 1.72. The molecule has 0 aliphatic rings. The molecular formula is C8H11N3O4. The van der Waals surface area contributed by atoms with Crippen molar-refractivity contribution in [1.29, 1.82) is 0 Å². The van der Waals surface area contributed by atoms with Gasteiger partial charge in [0.15, 0.2) is 0 Å². The first kappa shape index (κ1) is 11.2. The van der Waals surface area contributed by atoms with E-state index < -0.39 is 17.8 Å². The van der Waals surface area contributed by atoms with Gasteiger partial charge in [-0.25, -0.2) is 0 Å². The maximum atomic E-state index is 11.3. The highest BCUT2D eigenvalue weighted by atomic mass is 16.5. The van der Waals surface area contributed by atoms with Gasteiger partial charge in [0.25, 0.3) is 11.7 Å². The van der Waals surface area contributed by atoms with Gasteiger partial charge in [0.1, 0.15) is 0 Å². The van der Waals surface area contributed by atoms with E-state index >= 15 is 0 Å². The van der Waals surface area contributed by atoms with Crippen molar-refractivity contribution in [3.8, 4) is 0 Å². The molecule has 1 atom stereocenters. The van der Waals surface area contributed by atoms with Crippen molar-refractivity contribution in [2.75, 3.05) is 6.54 Å². The number of aromatic nitrogens is 2. The van der Waals surface area contributed by atoms with Crippen LogP contribution in [0.15, 0.2) is 4.52 Å². The zero-order valence-corrected chi connectivity index (χ0v) is 8.35. The Bertz CT molecular complexity index is 374. The Morgan fingerprint density at radius 1 is 1.60 bits per heavy atom. The average Bonchev–Trinajstić information content (AvgIpc) is 2.60. The molecule has 7 nitrogen and oxygen atoms in total. The van der Waals surface area contributed by atoms with E-state index in [2.05, 4.69) is 20.0 Å². The Kier molecular flexibility index (Phi) is 3.37. The molecule has 0 spiro atoms. The second-order valence-corrected chi connectivity index (χ2v) is 3.09. The zero-order valence-electron chi connectivity index (χ0n) is 8.35. The van der Waals surface area contributed by atoms with Crippen LogP contribution < -0.4 is 5.32 Å². The second-order valence-electron chi connectivity index (χ2n) is 3.09. The van der Waals surface area contributed by atoms with E-state index in [0.29, 0.717) is 0 Å². The highest BCUT2D eigenvalue weighted by molar-refractivity contribution is 5.90. The van der Waals surface area contributed by atoms with Crippen LogP contribution in [0.2, 0.25) is 0 Å². The monoisotopic (exact) mass is 213 g/mol. The summed E-state index contributed by atoms with van der Waals surface area (Å²) >= 11 is 0. The van der Waals surface area contributed by atoms with Crippen molar-refractivity contribution in [3.05, 3.63) is 11.7 Å². The number of carbonyl (C=O) groups is 2. The van der Waals surface area contributed by atoms with Crippen molar-refractivity contribution in [1.82, 2.24) is 15.5 Å². The zero-order chi connectivity index (χ0) is 11.4. The molecule has 1 unspecified atom stereocenters. The van der Waals surface area contributed by atoms with E-state index in [9.17, 15) is 9.59 Å². The number of nitrogens with zero attached hydrogens (tertiary/aromatic N) is 2. The molecule has 1 rings (SSSR count). The number of hydrogen-bond acceptors (Lipinski definition) is 5. The third kappa shape index (κ3) is 3.04. The molecular weight excluding hydrogens is 202 g/mol.